The number of nitrogens with one attached hydrogen (secondary N) is 1. The molecule has 2 rings (SSSR count). The van der Waals surface area contributed by atoms with Gasteiger partial charge in [-0.2, -0.15) is 0 Å². The number of rotatable bonds is 5. The highest BCUT2D eigenvalue weighted by atomic mass is 16.3. The summed E-state index contributed by atoms with van der Waals surface area (Å²) < 4.78 is 5.47. The van der Waals surface area contributed by atoms with Gasteiger partial charge in [0.25, 0.3) is 0 Å². The van der Waals surface area contributed by atoms with Gasteiger partial charge in [-0.1, -0.05) is 37.6 Å². The largest absolute Gasteiger partial charge is 0.467 e. The SMILES string of the molecule is CCCc1ccc(-c2ccoc2CNC)cc1. The van der Waals surface area contributed by atoms with Crippen molar-refractivity contribution >= 4 is 0 Å². The number of benzene rings is 1. The van der Waals surface area contributed by atoms with Gasteiger partial charge in [0.2, 0.25) is 0 Å². The molecule has 0 aliphatic heterocycles. The van der Waals surface area contributed by atoms with Gasteiger partial charge < -0.3 is 9.73 Å². The quantitative estimate of drug-likeness (QED) is 0.847. The van der Waals surface area contributed by atoms with Gasteiger partial charge in [-0.05, 0) is 30.7 Å². The van der Waals surface area contributed by atoms with Crippen LogP contribution in [0.1, 0.15) is 24.7 Å². The minimum atomic E-state index is 0.763. The molecule has 1 aromatic heterocycles. The van der Waals surface area contributed by atoms with E-state index in [2.05, 4.69) is 36.5 Å². The lowest BCUT2D eigenvalue weighted by atomic mass is 10.0. The summed E-state index contributed by atoms with van der Waals surface area (Å²) in [7, 11) is 1.93. The molecule has 0 aliphatic carbocycles. The number of hydrogen-bond acceptors (Lipinski definition) is 2. The predicted molar refractivity (Wildman–Crippen MR) is 70.9 cm³/mol. The van der Waals surface area contributed by atoms with E-state index in [-0.39, 0.29) is 0 Å². The van der Waals surface area contributed by atoms with Crippen LogP contribution in [0.4, 0.5) is 0 Å². The fraction of sp³-hybridized carbons (Fsp3) is 0.333. The second-order valence-electron chi connectivity index (χ2n) is 4.23. The maximum absolute atomic E-state index is 5.47. The molecule has 1 heterocycles. The van der Waals surface area contributed by atoms with Crippen molar-refractivity contribution in [2.75, 3.05) is 7.05 Å². The molecule has 0 radical (unpaired) electrons. The van der Waals surface area contributed by atoms with Gasteiger partial charge in [0.05, 0.1) is 12.8 Å². The molecule has 0 bridgehead atoms. The zero-order chi connectivity index (χ0) is 12.1. The van der Waals surface area contributed by atoms with Crippen LogP contribution in [0.3, 0.4) is 0 Å². The van der Waals surface area contributed by atoms with Crippen LogP contribution < -0.4 is 5.32 Å². The molecule has 0 atom stereocenters. The average molecular weight is 229 g/mol. The summed E-state index contributed by atoms with van der Waals surface area (Å²) in [5, 5.41) is 3.12. The number of aryl methyl sites for hydroxylation is 1. The lowest BCUT2D eigenvalue weighted by Gasteiger charge is -2.04. The van der Waals surface area contributed by atoms with Crippen molar-refractivity contribution < 1.29 is 4.42 Å². The first-order chi connectivity index (χ1) is 8.35. The molecule has 1 N–H and O–H groups in total. The van der Waals surface area contributed by atoms with Crippen LogP contribution in [0.2, 0.25) is 0 Å². The van der Waals surface area contributed by atoms with Gasteiger partial charge in [0.1, 0.15) is 5.76 Å². The Labute approximate surface area is 103 Å². The highest BCUT2D eigenvalue weighted by Crippen LogP contribution is 2.25. The maximum Gasteiger partial charge on any atom is 0.125 e. The maximum atomic E-state index is 5.47. The summed E-state index contributed by atoms with van der Waals surface area (Å²) in [5.74, 6) is 0.996. The van der Waals surface area contributed by atoms with Crippen LogP contribution in [0, 0.1) is 0 Å². The molecule has 17 heavy (non-hydrogen) atoms. The third-order valence-corrected chi connectivity index (χ3v) is 2.89. The Morgan fingerprint density at radius 2 is 1.88 bits per heavy atom. The zero-order valence-corrected chi connectivity index (χ0v) is 10.5. The lowest BCUT2D eigenvalue weighted by Crippen LogP contribution is -2.04. The first-order valence-electron chi connectivity index (χ1n) is 6.15. The molecule has 1 aromatic carbocycles. The van der Waals surface area contributed by atoms with Gasteiger partial charge in [0, 0.05) is 5.56 Å². The van der Waals surface area contributed by atoms with E-state index in [1.807, 2.05) is 13.1 Å². The van der Waals surface area contributed by atoms with Gasteiger partial charge in [-0.25, -0.2) is 0 Å². The summed E-state index contributed by atoms with van der Waals surface area (Å²) in [5.41, 5.74) is 3.81. The van der Waals surface area contributed by atoms with E-state index in [0.29, 0.717) is 0 Å². The van der Waals surface area contributed by atoms with Gasteiger partial charge in [-0.3, -0.25) is 0 Å². The van der Waals surface area contributed by atoms with Crippen LogP contribution in [-0.4, -0.2) is 7.05 Å². The molecule has 0 saturated heterocycles. The fourth-order valence-corrected chi connectivity index (χ4v) is 2.03. The van der Waals surface area contributed by atoms with Crippen molar-refractivity contribution in [1.82, 2.24) is 5.32 Å². The average Bonchev–Trinajstić information content (AvgIpc) is 2.79. The first-order valence-corrected chi connectivity index (χ1v) is 6.15. The predicted octanol–water partition coefficient (Wildman–Crippen LogP) is 3.62. The van der Waals surface area contributed by atoms with Crippen LogP contribution in [0.5, 0.6) is 0 Å². The van der Waals surface area contributed by atoms with Crippen molar-refractivity contribution in [2.24, 2.45) is 0 Å². The molecule has 2 heteroatoms. The minimum Gasteiger partial charge on any atom is -0.467 e. The summed E-state index contributed by atoms with van der Waals surface area (Å²) in [4.78, 5) is 0. The van der Waals surface area contributed by atoms with E-state index in [9.17, 15) is 0 Å². The Morgan fingerprint density at radius 1 is 1.12 bits per heavy atom. The number of furan rings is 1. The first kappa shape index (κ1) is 11.9. The van der Waals surface area contributed by atoms with Crippen molar-refractivity contribution in [1.29, 1.82) is 0 Å². The topological polar surface area (TPSA) is 25.2 Å². The molecule has 2 nitrogen and oxygen atoms in total. The monoisotopic (exact) mass is 229 g/mol. The molecular formula is C15H19NO. The normalized spacial score (nSPS) is 10.7. The third-order valence-electron chi connectivity index (χ3n) is 2.89. The standard InChI is InChI=1S/C15H19NO/c1-3-4-12-5-7-13(8-6-12)14-9-10-17-15(14)11-16-2/h5-10,16H,3-4,11H2,1-2H3. The highest BCUT2D eigenvalue weighted by molar-refractivity contribution is 5.65. The Kier molecular flexibility index (Phi) is 3.99. The highest BCUT2D eigenvalue weighted by Gasteiger charge is 2.07. The molecule has 90 valence electrons. The minimum absolute atomic E-state index is 0.763. The molecule has 0 unspecified atom stereocenters. The number of hydrogen-bond donors (Lipinski definition) is 1. The van der Waals surface area contributed by atoms with Crippen molar-refractivity contribution in [2.45, 2.75) is 26.3 Å². The van der Waals surface area contributed by atoms with Crippen molar-refractivity contribution in [3.8, 4) is 11.1 Å². The molecule has 0 spiro atoms. The summed E-state index contributed by atoms with van der Waals surface area (Å²) in [6.45, 7) is 2.97. The molecule has 2 aromatic rings. The van der Waals surface area contributed by atoms with E-state index in [0.717, 1.165) is 18.7 Å². The smallest absolute Gasteiger partial charge is 0.125 e. The van der Waals surface area contributed by atoms with E-state index < -0.39 is 0 Å². The van der Waals surface area contributed by atoms with Gasteiger partial charge in [0.15, 0.2) is 0 Å². The molecule has 0 fully saturated rings. The Hall–Kier alpha value is -1.54. The van der Waals surface area contributed by atoms with E-state index in [4.69, 9.17) is 4.42 Å². The van der Waals surface area contributed by atoms with Crippen LogP contribution in [-0.2, 0) is 13.0 Å². The van der Waals surface area contributed by atoms with E-state index in [1.165, 1.54) is 23.1 Å². The van der Waals surface area contributed by atoms with Crippen LogP contribution in [0.25, 0.3) is 11.1 Å². The molecule has 0 aliphatic rings. The summed E-state index contributed by atoms with van der Waals surface area (Å²) >= 11 is 0. The Bertz CT molecular complexity index is 456. The van der Waals surface area contributed by atoms with Crippen molar-refractivity contribution in [3.63, 3.8) is 0 Å². The fourth-order valence-electron chi connectivity index (χ4n) is 2.03. The van der Waals surface area contributed by atoms with E-state index in [1.54, 1.807) is 6.26 Å². The third kappa shape index (κ3) is 2.77. The summed E-state index contributed by atoms with van der Waals surface area (Å²) in [6.07, 6.45) is 4.09. The lowest BCUT2D eigenvalue weighted by molar-refractivity contribution is 0.497. The van der Waals surface area contributed by atoms with E-state index >= 15 is 0 Å². The Balaban J connectivity index is 2.23. The van der Waals surface area contributed by atoms with Crippen molar-refractivity contribution in [3.05, 3.63) is 47.9 Å². The van der Waals surface area contributed by atoms with Crippen LogP contribution >= 0.6 is 0 Å². The van der Waals surface area contributed by atoms with Crippen LogP contribution in [0.15, 0.2) is 41.0 Å². The summed E-state index contributed by atoms with van der Waals surface area (Å²) in [6, 6.07) is 10.8. The second-order valence-corrected chi connectivity index (χ2v) is 4.23. The molecule has 0 amide bonds. The second kappa shape index (κ2) is 5.69. The van der Waals surface area contributed by atoms with Gasteiger partial charge >= 0.3 is 0 Å². The Morgan fingerprint density at radius 3 is 2.53 bits per heavy atom. The van der Waals surface area contributed by atoms with Gasteiger partial charge in [-0.15, -0.1) is 0 Å². The molecule has 0 saturated carbocycles. The molecular weight excluding hydrogens is 210 g/mol. The zero-order valence-electron chi connectivity index (χ0n) is 10.5.